The van der Waals surface area contributed by atoms with Gasteiger partial charge in [0.2, 0.25) is 0 Å². The number of thioether (sulfide) groups is 1. The topological polar surface area (TPSA) is 26.3 Å². The maximum Gasteiger partial charge on any atom is 0.314 e. The normalized spacial score (nSPS) is 12.2. The first kappa shape index (κ1) is 12.6. The van der Waals surface area contributed by atoms with Crippen molar-refractivity contribution in [3.05, 3.63) is 34.3 Å². The minimum Gasteiger partial charge on any atom is -0.469 e. The van der Waals surface area contributed by atoms with E-state index in [4.69, 9.17) is 4.74 Å². The molecule has 1 rings (SSSR count). The minimum atomic E-state index is -0.194. The molecule has 1 aromatic rings. The zero-order valence-corrected chi connectivity index (χ0v) is 11.1. The third kappa shape index (κ3) is 3.24. The lowest BCUT2D eigenvalue weighted by molar-refractivity contribution is -0.141. The van der Waals surface area contributed by atoms with Gasteiger partial charge in [0.15, 0.2) is 0 Å². The van der Waals surface area contributed by atoms with Gasteiger partial charge >= 0.3 is 5.97 Å². The van der Waals surface area contributed by atoms with Crippen LogP contribution in [0.2, 0.25) is 0 Å². The SMILES string of the molecule is COC(=O)C(CSC)c1ccccc1Br. The second kappa shape index (κ2) is 6.18. The van der Waals surface area contributed by atoms with Gasteiger partial charge in [-0.15, -0.1) is 0 Å². The van der Waals surface area contributed by atoms with Crippen LogP contribution in [0.15, 0.2) is 28.7 Å². The van der Waals surface area contributed by atoms with Crippen LogP contribution in [0.25, 0.3) is 0 Å². The van der Waals surface area contributed by atoms with Gasteiger partial charge in [0.1, 0.15) is 0 Å². The smallest absolute Gasteiger partial charge is 0.314 e. The summed E-state index contributed by atoms with van der Waals surface area (Å²) in [5.74, 6) is 0.353. The number of rotatable bonds is 4. The van der Waals surface area contributed by atoms with E-state index >= 15 is 0 Å². The molecule has 0 aromatic heterocycles. The van der Waals surface area contributed by atoms with E-state index in [0.29, 0.717) is 0 Å². The van der Waals surface area contributed by atoms with Crippen LogP contribution in [0, 0.1) is 0 Å². The number of halogens is 1. The van der Waals surface area contributed by atoms with Crippen molar-refractivity contribution in [1.82, 2.24) is 0 Å². The molecule has 1 aromatic carbocycles. The van der Waals surface area contributed by atoms with Gasteiger partial charge in [0.25, 0.3) is 0 Å². The van der Waals surface area contributed by atoms with Crippen molar-refractivity contribution in [3.8, 4) is 0 Å². The Morgan fingerprint density at radius 1 is 1.53 bits per heavy atom. The van der Waals surface area contributed by atoms with Crippen LogP contribution in [0.5, 0.6) is 0 Å². The fraction of sp³-hybridized carbons (Fsp3) is 0.364. The number of methoxy groups -OCH3 is 1. The summed E-state index contributed by atoms with van der Waals surface area (Å²) in [5, 5.41) is 0. The van der Waals surface area contributed by atoms with E-state index in [2.05, 4.69) is 15.9 Å². The summed E-state index contributed by atoms with van der Waals surface area (Å²) in [4.78, 5) is 11.6. The predicted molar refractivity (Wildman–Crippen MR) is 67.3 cm³/mol. The lowest BCUT2D eigenvalue weighted by Crippen LogP contribution is -2.17. The van der Waals surface area contributed by atoms with Crippen molar-refractivity contribution in [3.63, 3.8) is 0 Å². The molecule has 0 aliphatic carbocycles. The molecule has 1 atom stereocenters. The Morgan fingerprint density at radius 2 is 2.20 bits per heavy atom. The summed E-state index contributed by atoms with van der Waals surface area (Å²) in [7, 11) is 1.42. The van der Waals surface area contributed by atoms with E-state index in [1.165, 1.54) is 7.11 Å². The molecule has 15 heavy (non-hydrogen) atoms. The van der Waals surface area contributed by atoms with Crippen LogP contribution in [0.1, 0.15) is 11.5 Å². The Bertz CT molecular complexity index is 341. The van der Waals surface area contributed by atoms with E-state index in [1.807, 2.05) is 30.5 Å². The van der Waals surface area contributed by atoms with Gasteiger partial charge in [-0.2, -0.15) is 11.8 Å². The molecule has 0 bridgehead atoms. The molecule has 0 N–H and O–H groups in total. The molecule has 1 unspecified atom stereocenters. The standard InChI is InChI=1S/C11H13BrO2S/c1-14-11(13)9(7-15-2)8-5-3-4-6-10(8)12/h3-6,9H,7H2,1-2H3. The first-order chi connectivity index (χ1) is 7.20. The highest BCUT2D eigenvalue weighted by molar-refractivity contribution is 9.10. The van der Waals surface area contributed by atoms with Crippen LogP contribution in [0.3, 0.4) is 0 Å². The zero-order valence-electron chi connectivity index (χ0n) is 8.70. The minimum absolute atomic E-state index is 0.184. The fourth-order valence-corrected chi connectivity index (χ4v) is 2.56. The Balaban J connectivity index is 2.98. The molecule has 0 radical (unpaired) electrons. The Kier molecular flexibility index (Phi) is 5.19. The summed E-state index contributed by atoms with van der Waals surface area (Å²) in [6.07, 6.45) is 1.98. The van der Waals surface area contributed by atoms with Crippen molar-refractivity contribution in [2.24, 2.45) is 0 Å². The van der Waals surface area contributed by atoms with Gasteiger partial charge in [-0.1, -0.05) is 34.1 Å². The fourth-order valence-electron chi connectivity index (χ4n) is 1.35. The van der Waals surface area contributed by atoms with Crippen LogP contribution >= 0.6 is 27.7 Å². The Hall–Kier alpha value is -0.480. The summed E-state index contributed by atoms with van der Waals surface area (Å²) >= 11 is 5.08. The van der Waals surface area contributed by atoms with Crippen molar-refractivity contribution in [1.29, 1.82) is 0 Å². The Labute approximate surface area is 103 Å². The molecule has 82 valence electrons. The highest BCUT2D eigenvalue weighted by atomic mass is 79.9. The molecule has 0 aliphatic heterocycles. The van der Waals surface area contributed by atoms with E-state index in [-0.39, 0.29) is 11.9 Å². The number of esters is 1. The Morgan fingerprint density at radius 3 is 2.73 bits per heavy atom. The number of ether oxygens (including phenoxy) is 1. The number of carbonyl (C=O) groups is 1. The van der Waals surface area contributed by atoms with E-state index in [9.17, 15) is 4.79 Å². The molecule has 0 amide bonds. The molecule has 4 heteroatoms. The maximum atomic E-state index is 11.6. The van der Waals surface area contributed by atoms with E-state index < -0.39 is 0 Å². The van der Waals surface area contributed by atoms with Gasteiger partial charge in [0, 0.05) is 10.2 Å². The second-order valence-corrected chi connectivity index (χ2v) is 4.82. The lowest BCUT2D eigenvalue weighted by Gasteiger charge is -2.15. The highest BCUT2D eigenvalue weighted by Crippen LogP contribution is 2.28. The van der Waals surface area contributed by atoms with E-state index in [0.717, 1.165) is 15.8 Å². The first-order valence-electron chi connectivity index (χ1n) is 4.52. The number of hydrogen-bond donors (Lipinski definition) is 0. The van der Waals surface area contributed by atoms with Crippen LogP contribution in [0.4, 0.5) is 0 Å². The number of carbonyl (C=O) groups excluding carboxylic acids is 1. The van der Waals surface area contributed by atoms with Crippen LogP contribution < -0.4 is 0 Å². The van der Waals surface area contributed by atoms with Crippen LogP contribution in [-0.4, -0.2) is 25.1 Å². The quantitative estimate of drug-likeness (QED) is 0.797. The highest BCUT2D eigenvalue weighted by Gasteiger charge is 2.22. The van der Waals surface area contributed by atoms with Gasteiger partial charge in [-0.25, -0.2) is 0 Å². The molecular formula is C11H13BrO2S. The largest absolute Gasteiger partial charge is 0.469 e. The van der Waals surface area contributed by atoms with Crippen molar-refractivity contribution in [2.45, 2.75) is 5.92 Å². The average molecular weight is 289 g/mol. The van der Waals surface area contributed by atoms with Crippen molar-refractivity contribution in [2.75, 3.05) is 19.1 Å². The summed E-state index contributed by atoms with van der Waals surface area (Å²) in [6.45, 7) is 0. The first-order valence-corrected chi connectivity index (χ1v) is 6.70. The van der Waals surface area contributed by atoms with Crippen molar-refractivity contribution >= 4 is 33.7 Å². The number of hydrogen-bond acceptors (Lipinski definition) is 3. The summed E-state index contributed by atoms with van der Waals surface area (Å²) in [6, 6.07) is 7.74. The molecule has 0 aliphatic rings. The maximum absolute atomic E-state index is 11.6. The molecule has 2 nitrogen and oxygen atoms in total. The third-order valence-corrected chi connectivity index (χ3v) is 3.49. The van der Waals surface area contributed by atoms with Gasteiger partial charge in [0.05, 0.1) is 13.0 Å². The zero-order chi connectivity index (χ0) is 11.3. The van der Waals surface area contributed by atoms with Gasteiger partial charge in [-0.05, 0) is 17.9 Å². The molecule has 0 fully saturated rings. The molecule has 0 heterocycles. The predicted octanol–water partition coefficient (Wildman–Crippen LogP) is 3.07. The monoisotopic (exact) mass is 288 g/mol. The van der Waals surface area contributed by atoms with Gasteiger partial charge in [-0.3, -0.25) is 4.79 Å². The molecular weight excluding hydrogens is 276 g/mol. The van der Waals surface area contributed by atoms with Gasteiger partial charge < -0.3 is 4.74 Å². The van der Waals surface area contributed by atoms with E-state index in [1.54, 1.807) is 11.8 Å². The lowest BCUT2D eigenvalue weighted by atomic mass is 10.0. The summed E-state index contributed by atoms with van der Waals surface area (Å²) in [5.41, 5.74) is 0.985. The number of benzene rings is 1. The summed E-state index contributed by atoms with van der Waals surface area (Å²) < 4.78 is 5.75. The second-order valence-electron chi connectivity index (χ2n) is 3.05. The molecule has 0 saturated carbocycles. The molecule has 0 spiro atoms. The van der Waals surface area contributed by atoms with Crippen molar-refractivity contribution < 1.29 is 9.53 Å². The van der Waals surface area contributed by atoms with Crippen LogP contribution in [-0.2, 0) is 9.53 Å². The molecule has 0 saturated heterocycles. The average Bonchev–Trinajstić information content (AvgIpc) is 2.26. The third-order valence-electron chi connectivity index (χ3n) is 2.10.